The normalized spacial score (nSPS) is 11.2. The van der Waals surface area contributed by atoms with Crippen molar-refractivity contribution in [1.29, 1.82) is 0 Å². The van der Waals surface area contributed by atoms with Crippen LogP contribution >= 0.6 is 23.2 Å². The second-order valence-electron chi connectivity index (χ2n) is 9.79. The lowest BCUT2D eigenvalue weighted by Crippen LogP contribution is -2.34. The van der Waals surface area contributed by atoms with Crippen LogP contribution in [0.1, 0.15) is 34.0 Å². The molecule has 0 fully saturated rings. The SMILES string of the molecule is CCNc1ncc(-c2cc(N)cc(C(=O)O)c2)n(CC(=O)NCc2ccc(C(N)=NC(=O)OCc3c(Cl)cccc3Cl)cc2)c1=O. The summed E-state index contributed by atoms with van der Waals surface area (Å²) in [4.78, 5) is 57.9. The van der Waals surface area contributed by atoms with Gasteiger partial charge >= 0.3 is 12.1 Å². The molecule has 7 N–H and O–H groups in total. The van der Waals surface area contributed by atoms with Crippen LogP contribution in [0.4, 0.5) is 16.3 Å². The highest BCUT2D eigenvalue weighted by atomic mass is 35.5. The molecule has 2 amide bonds. The van der Waals surface area contributed by atoms with Crippen molar-refractivity contribution in [2.45, 2.75) is 26.6 Å². The lowest BCUT2D eigenvalue weighted by molar-refractivity contribution is -0.121. The van der Waals surface area contributed by atoms with E-state index in [9.17, 15) is 24.3 Å². The average molecular weight is 667 g/mol. The Morgan fingerprint density at radius 2 is 1.74 bits per heavy atom. The Labute approximate surface area is 272 Å². The van der Waals surface area contributed by atoms with Gasteiger partial charge in [-0.2, -0.15) is 4.99 Å². The maximum absolute atomic E-state index is 13.2. The molecule has 0 saturated heterocycles. The number of anilines is 2. The highest BCUT2D eigenvalue weighted by molar-refractivity contribution is 6.36. The van der Waals surface area contributed by atoms with E-state index in [1.807, 2.05) is 0 Å². The van der Waals surface area contributed by atoms with Crippen molar-refractivity contribution in [3.8, 4) is 11.3 Å². The minimum Gasteiger partial charge on any atom is -0.478 e. The zero-order valence-corrected chi connectivity index (χ0v) is 25.9. The van der Waals surface area contributed by atoms with Gasteiger partial charge < -0.3 is 31.9 Å². The molecule has 0 atom stereocenters. The summed E-state index contributed by atoms with van der Waals surface area (Å²) >= 11 is 12.2. The molecule has 0 aliphatic heterocycles. The summed E-state index contributed by atoms with van der Waals surface area (Å²) in [5.74, 6) is -1.74. The number of carboxylic acid groups (broad SMARTS) is 1. The van der Waals surface area contributed by atoms with Crippen molar-refractivity contribution in [3.63, 3.8) is 0 Å². The first kappa shape index (κ1) is 33.5. The van der Waals surface area contributed by atoms with Crippen LogP contribution in [0, 0.1) is 0 Å². The summed E-state index contributed by atoms with van der Waals surface area (Å²) in [5.41, 5.74) is 13.5. The Kier molecular flexibility index (Phi) is 11.0. The lowest BCUT2D eigenvalue weighted by Gasteiger charge is -2.15. The van der Waals surface area contributed by atoms with E-state index in [1.54, 1.807) is 49.4 Å². The molecule has 3 aromatic carbocycles. The number of aromatic carboxylic acids is 1. The van der Waals surface area contributed by atoms with E-state index in [1.165, 1.54) is 29.0 Å². The molecule has 0 aliphatic carbocycles. The fourth-order valence-corrected chi connectivity index (χ4v) is 4.79. The van der Waals surface area contributed by atoms with Gasteiger partial charge in [0.05, 0.1) is 17.5 Å². The number of hydrogen-bond donors (Lipinski definition) is 5. The average Bonchev–Trinajstić information content (AvgIpc) is 3.01. The summed E-state index contributed by atoms with van der Waals surface area (Å²) in [6.45, 7) is 1.75. The Bertz CT molecular complexity index is 1860. The van der Waals surface area contributed by atoms with Crippen LogP contribution in [-0.4, -0.2) is 45.0 Å². The van der Waals surface area contributed by atoms with Crippen molar-refractivity contribution in [1.82, 2.24) is 14.9 Å². The van der Waals surface area contributed by atoms with Gasteiger partial charge in [0, 0.05) is 45.5 Å². The Morgan fingerprint density at radius 1 is 1.04 bits per heavy atom. The van der Waals surface area contributed by atoms with E-state index in [0.717, 1.165) is 0 Å². The molecular formula is C31H29Cl2N7O6. The number of benzene rings is 3. The molecular weight excluding hydrogens is 637 g/mol. The molecule has 1 aromatic heterocycles. The number of halogens is 2. The van der Waals surface area contributed by atoms with Crippen LogP contribution in [0.3, 0.4) is 0 Å². The number of carboxylic acids is 1. The van der Waals surface area contributed by atoms with E-state index in [2.05, 4.69) is 20.6 Å². The highest BCUT2D eigenvalue weighted by Gasteiger charge is 2.17. The first-order valence-corrected chi connectivity index (χ1v) is 14.5. The van der Waals surface area contributed by atoms with E-state index in [0.29, 0.717) is 38.8 Å². The number of ether oxygens (including phenoxy) is 1. The Hall–Kier alpha value is -5.40. The van der Waals surface area contributed by atoms with Crippen LogP contribution in [0.15, 0.2) is 76.6 Å². The molecule has 4 rings (SSSR count). The van der Waals surface area contributed by atoms with E-state index in [-0.39, 0.29) is 48.3 Å². The standard InChI is InChI=1S/C31H29Cl2N7O6/c1-2-36-28-29(42)40(25(14-38-28)19-10-20(30(43)44)12-21(34)11-19)15-26(41)37-13-17-6-8-18(9-7-17)27(35)39-31(45)46-16-22-23(32)4-3-5-24(22)33/h3-12,14H,2,13,15-16,34H2,1H3,(H,36,38)(H,37,41)(H,43,44)(H2,35,39,45). The van der Waals surface area contributed by atoms with Crippen LogP contribution in [0.25, 0.3) is 11.3 Å². The molecule has 0 aliphatic rings. The lowest BCUT2D eigenvalue weighted by atomic mass is 10.1. The zero-order chi connectivity index (χ0) is 33.4. The van der Waals surface area contributed by atoms with E-state index >= 15 is 0 Å². The summed E-state index contributed by atoms with van der Waals surface area (Å²) in [5, 5.41) is 15.8. The Morgan fingerprint density at radius 3 is 2.39 bits per heavy atom. The third kappa shape index (κ3) is 8.40. The van der Waals surface area contributed by atoms with Crippen molar-refractivity contribution in [2.75, 3.05) is 17.6 Å². The van der Waals surface area contributed by atoms with Gasteiger partial charge in [-0.1, -0.05) is 53.5 Å². The van der Waals surface area contributed by atoms with Crippen LogP contribution in [0.2, 0.25) is 10.0 Å². The number of rotatable bonds is 11. The van der Waals surface area contributed by atoms with E-state index < -0.39 is 23.5 Å². The second-order valence-corrected chi connectivity index (χ2v) is 10.6. The number of amides is 2. The first-order chi connectivity index (χ1) is 22.0. The fourth-order valence-electron chi connectivity index (χ4n) is 4.28. The number of carbonyl (C=O) groups is 3. The van der Waals surface area contributed by atoms with Gasteiger partial charge in [0.15, 0.2) is 5.82 Å². The van der Waals surface area contributed by atoms with Crippen molar-refractivity contribution < 1.29 is 24.2 Å². The van der Waals surface area contributed by atoms with Crippen molar-refractivity contribution in [2.24, 2.45) is 10.7 Å². The number of nitrogen functional groups attached to an aromatic ring is 1. The second kappa shape index (κ2) is 15.1. The topological polar surface area (TPSA) is 204 Å². The molecule has 0 unspecified atom stereocenters. The third-order valence-electron chi connectivity index (χ3n) is 6.55. The summed E-state index contributed by atoms with van der Waals surface area (Å²) in [7, 11) is 0. The van der Waals surface area contributed by atoms with Crippen LogP contribution in [0.5, 0.6) is 0 Å². The van der Waals surface area contributed by atoms with Crippen molar-refractivity contribution >= 4 is 58.5 Å². The molecule has 0 radical (unpaired) electrons. The number of aliphatic imine (C=N–C) groups is 1. The minimum absolute atomic E-state index is 0.0350. The van der Waals surface area contributed by atoms with Gasteiger partial charge in [0.1, 0.15) is 19.0 Å². The number of nitrogens with one attached hydrogen (secondary N) is 2. The summed E-state index contributed by atoms with van der Waals surface area (Å²) in [6, 6.07) is 15.6. The number of aromatic nitrogens is 2. The van der Waals surface area contributed by atoms with Crippen LogP contribution < -0.4 is 27.7 Å². The Balaban J connectivity index is 1.43. The van der Waals surface area contributed by atoms with Gasteiger partial charge in [-0.3, -0.25) is 14.2 Å². The predicted molar refractivity (Wildman–Crippen MR) is 175 cm³/mol. The fraction of sp³-hybridized carbons (Fsp3) is 0.161. The molecule has 4 aromatic rings. The molecule has 0 spiro atoms. The van der Waals surface area contributed by atoms with Gasteiger partial charge in [-0.25, -0.2) is 14.6 Å². The molecule has 238 valence electrons. The molecule has 0 bridgehead atoms. The van der Waals surface area contributed by atoms with Gasteiger partial charge in [-0.15, -0.1) is 0 Å². The molecule has 15 heteroatoms. The summed E-state index contributed by atoms with van der Waals surface area (Å²) < 4.78 is 6.31. The number of hydrogen-bond acceptors (Lipinski definition) is 8. The number of carbonyl (C=O) groups excluding carboxylic acids is 2. The maximum atomic E-state index is 13.2. The summed E-state index contributed by atoms with van der Waals surface area (Å²) in [6.07, 6.45) is 0.449. The molecule has 13 nitrogen and oxygen atoms in total. The van der Waals surface area contributed by atoms with Crippen LogP contribution in [-0.2, 0) is 29.2 Å². The van der Waals surface area contributed by atoms with Gasteiger partial charge in [-0.05, 0) is 42.8 Å². The first-order valence-electron chi connectivity index (χ1n) is 13.7. The number of nitrogens with two attached hydrogens (primary N) is 2. The third-order valence-corrected chi connectivity index (χ3v) is 7.26. The predicted octanol–water partition coefficient (Wildman–Crippen LogP) is 4.29. The monoisotopic (exact) mass is 665 g/mol. The molecule has 0 saturated carbocycles. The number of amidine groups is 1. The van der Waals surface area contributed by atoms with Gasteiger partial charge in [0.2, 0.25) is 5.91 Å². The smallest absolute Gasteiger partial charge is 0.435 e. The quantitative estimate of drug-likeness (QED) is 0.0873. The highest BCUT2D eigenvalue weighted by Crippen LogP contribution is 2.25. The number of nitrogens with zero attached hydrogens (tertiary/aromatic N) is 3. The van der Waals surface area contributed by atoms with Crippen molar-refractivity contribution in [3.05, 3.63) is 110 Å². The van der Waals surface area contributed by atoms with E-state index in [4.69, 9.17) is 39.4 Å². The van der Waals surface area contributed by atoms with Gasteiger partial charge in [0.25, 0.3) is 5.56 Å². The minimum atomic E-state index is -1.20. The molecule has 1 heterocycles. The maximum Gasteiger partial charge on any atom is 0.435 e. The molecule has 46 heavy (non-hydrogen) atoms. The zero-order valence-electron chi connectivity index (χ0n) is 24.4. The largest absolute Gasteiger partial charge is 0.478 e.